The molecule has 16 heavy (non-hydrogen) atoms. The Morgan fingerprint density at radius 3 is 2.06 bits per heavy atom. The van der Waals surface area contributed by atoms with Gasteiger partial charge in [0.2, 0.25) is 0 Å². The van der Waals surface area contributed by atoms with Gasteiger partial charge in [0.25, 0.3) is 10.1 Å². The van der Waals surface area contributed by atoms with Crippen molar-refractivity contribution in [3.8, 4) is 0 Å². The van der Waals surface area contributed by atoms with Crippen molar-refractivity contribution in [2.24, 2.45) is 0 Å². The maximum Gasteiger partial charge on any atom is 0.267 e. The molecule has 0 fully saturated rings. The smallest absolute Gasteiger partial charge is 0.267 e. The van der Waals surface area contributed by atoms with Crippen molar-refractivity contribution in [3.05, 3.63) is 0 Å². The first-order chi connectivity index (χ1) is 6.87. The summed E-state index contributed by atoms with van der Waals surface area (Å²) < 4.78 is 66.0. The molecule has 0 amide bonds. The molecule has 0 aliphatic heterocycles. The van der Waals surface area contributed by atoms with E-state index in [0.717, 1.165) is 0 Å². The average molecular weight is 265 g/mol. The number of halogens is 3. The fraction of sp³-hybridized carbons (Fsp3) is 1.00. The molecule has 0 radical (unpaired) electrons. The van der Waals surface area contributed by atoms with E-state index in [1.165, 1.54) is 0 Å². The lowest BCUT2D eigenvalue weighted by molar-refractivity contribution is 0.169. The molecule has 4 N–H and O–H groups in total. The molecule has 0 bridgehead atoms. The average Bonchev–Trinajstić information content (AvgIpc) is 2.09. The number of alkyl halides is 3. The van der Waals surface area contributed by atoms with Gasteiger partial charge >= 0.3 is 0 Å². The van der Waals surface area contributed by atoms with Gasteiger partial charge in [-0.3, -0.25) is 8.94 Å². The molecule has 0 aromatic rings. The normalized spacial score (nSPS) is 15.2. The van der Waals surface area contributed by atoms with Gasteiger partial charge in [-0.05, 0) is 12.8 Å². The summed E-state index contributed by atoms with van der Waals surface area (Å²) in [7, 11) is -4.48. The molecule has 0 saturated heterocycles. The van der Waals surface area contributed by atoms with Crippen LogP contribution in [0.5, 0.6) is 0 Å². The molecule has 4 nitrogen and oxygen atoms in total. The summed E-state index contributed by atoms with van der Waals surface area (Å²) in [5.74, 6) is -1.22. The van der Waals surface area contributed by atoms with Crippen LogP contribution in [0.3, 0.4) is 0 Å². The molecule has 0 heterocycles. The van der Waals surface area contributed by atoms with Crippen LogP contribution in [0.2, 0.25) is 0 Å². The van der Waals surface area contributed by atoms with Gasteiger partial charge in [-0.25, -0.2) is 8.78 Å². The largest absolute Gasteiger partial charge is 0.344 e. The minimum atomic E-state index is -4.48. The molecule has 0 saturated carbocycles. The van der Waals surface area contributed by atoms with E-state index in [0.29, 0.717) is 19.3 Å². The molecule has 0 aromatic heterocycles. The Kier molecular flexibility index (Phi) is 9.89. The van der Waals surface area contributed by atoms with Crippen LogP contribution in [0.4, 0.5) is 13.2 Å². The molecule has 2 atom stereocenters. The summed E-state index contributed by atoms with van der Waals surface area (Å²) in [5.41, 5.74) is 0. The fourth-order valence-corrected chi connectivity index (χ4v) is 1.71. The van der Waals surface area contributed by atoms with Crippen molar-refractivity contribution in [2.75, 3.05) is 12.4 Å². The van der Waals surface area contributed by atoms with Crippen molar-refractivity contribution >= 4 is 10.1 Å². The minimum Gasteiger partial charge on any atom is -0.344 e. The summed E-state index contributed by atoms with van der Waals surface area (Å²) in [4.78, 5) is 0. The van der Waals surface area contributed by atoms with E-state index in [1.807, 2.05) is 0 Å². The number of hydrogen-bond acceptors (Lipinski definition) is 3. The first-order valence-corrected chi connectivity index (χ1v) is 6.27. The predicted molar refractivity (Wildman–Crippen MR) is 55.7 cm³/mol. The Morgan fingerprint density at radius 2 is 1.62 bits per heavy atom. The second-order valence-corrected chi connectivity index (χ2v) is 4.82. The minimum absolute atomic E-state index is 0. The first kappa shape index (κ1) is 18.0. The van der Waals surface area contributed by atoms with Crippen LogP contribution in [-0.2, 0) is 10.1 Å². The highest BCUT2D eigenvalue weighted by molar-refractivity contribution is 7.85. The molecule has 0 spiro atoms. The Balaban J connectivity index is 0. The summed E-state index contributed by atoms with van der Waals surface area (Å²) in [6.07, 6.45) is -3.26. The molecule has 8 heteroatoms. The third-order valence-electron chi connectivity index (χ3n) is 1.88. The lowest BCUT2D eigenvalue weighted by Gasteiger charge is -2.11. The van der Waals surface area contributed by atoms with Gasteiger partial charge in [0.15, 0.2) is 0 Å². The van der Waals surface area contributed by atoms with Crippen LogP contribution in [0, 0.1) is 0 Å². The fourth-order valence-electron chi connectivity index (χ4n) is 1.10. The molecular weight excluding hydrogens is 247 g/mol. The lowest BCUT2D eigenvalue weighted by Crippen LogP contribution is -2.26. The van der Waals surface area contributed by atoms with E-state index in [1.54, 1.807) is 0 Å². The molecule has 0 aliphatic carbocycles. The van der Waals surface area contributed by atoms with Crippen molar-refractivity contribution in [1.29, 1.82) is 0 Å². The van der Waals surface area contributed by atoms with E-state index in [2.05, 4.69) is 0 Å². The van der Waals surface area contributed by atoms with Gasteiger partial charge in [-0.2, -0.15) is 8.42 Å². The quantitative estimate of drug-likeness (QED) is 0.520. The predicted octanol–water partition coefficient (Wildman–Crippen LogP) is 2.24. The van der Waals surface area contributed by atoms with Crippen LogP contribution in [0.15, 0.2) is 0 Å². The molecule has 0 aliphatic rings. The summed E-state index contributed by atoms with van der Waals surface area (Å²) >= 11 is 0. The van der Waals surface area contributed by atoms with Crippen LogP contribution < -0.4 is 6.15 Å². The summed E-state index contributed by atoms with van der Waals surface area (Å²) in [5, 5.41) is 0. The third-order valence-corrected chi connectivity index (χ3v) is 2.62. The second kappa shape index (κ2) is 8.77. The lowest BCUT2D eigenvalue weighted by atomic mass is 10.1. The second-order valence-electron chi connectivity index (χ2n) is 3.32. The van der Waals surface area contributed by atoms with Crippen molar-refractivity contribution in [1.82, 2.24) is 6.15 Å². The van der Waals surface area contributed by atoms with E-state index >= 15 is 0 Å². The number of hydrogen-bond donors (Lipinski definition) is 2. The van der Waals surface area contributed by atoms with Crippen molar-refractivity contribution in [3.63, 3.8) is 0 Å². The number of unbranched alkanes of at least 4 members (excludes halogenated alkanes) is 2. The van der Waals surface area contributed by atoms with Gasteiger partial charge in [0.1, 0.15) is 18.1 Å². The topological polar surface area (TPSA) is 89.4 Å². The highest BCUT2D eigenvalue weighted by atomic mass is 32.2. The van der Waals surface area contributed by atoms with Gasteiger partial charge in [0, 0.05) is 0 Å². The maximum absolute atomic E-state index is 12.9. The van der Waals surface area contributed by atoms with Crippen LogP contribution in [0.1, 0.15) is 25.7 Å². The van der Waals surface area contributed by atoms with E-state index in [-0.39, 0.29) is 12.6 Å². The van der Waals surface area contributed by atoms with Gasteiger partial charge in [0.05, 0.1) is 6.67 Å². The SMILES string of the molecule is N.O=S(=O)(O)CC(F)C(F)CCCCCF. The zero-order valence-corrected chi connectivity index (χ0v) is 9.73. The Labute approximate surface area is 93.6 Å². The van der Waals surface area contributed by atoms with E-state index < -0.39 is 34.9 Å². The molecule has 0 rings (SSSR count). The zero-order chi connectivity index (χ0) is 11.9. The van der Waals surface area contributed by atoms with Crippen LogP contribution in [0.25, 0.3) is 0 Å². The Bertz CT molecular complexity index is 261. The third kappa shape index (κ3) is 10.2. The molecule has 100 valence electrons. The molecule has 2 unspecified atom stereocenters. The first-order valence-electron chi connectivity index (χ1n) is 4.66. The molecule has 0 aromatic carbocycles. The maximum atomic E-state index is 12.9. The van der Waals surface area contributed by atoms with E-state index in [9.17, 15) is 21.6 Å². The number of rotatable bonds is 8. The summed E-state index contributed by atoms with van der Waals surface area (Å²) in [6, 6.07) is 0. The summed E-state index contributed by atoms with van der Waals surface area (Å²) in [6.45, 7) is -0.499. The van der Waals surface area contributed by atoms with Gasteiger partial charge < -0.3 is 6.15 Å². The van der Waals surface area contributed by atoms with Crippen LogP contribution in [-0.4, -0.2) is 37.7 Å². The van der Waals surface area contributed by atoms with E-state index in [4.69, 9.17) is 4.55 Å². The highest BCUT2D eigenvalue weighted by Gasteiger charge is 2.25. The van der Waals surface area contributed by atoms with Crippen molar-refractivity contribution in [2.45, 2.75) is 38.0 Å². The highest BCUT2D eigenvalue weighted by Crippen LogP contribution is 2.14. The monoisotopic (exact) mass is 265 g/mol. The Hall–Kier alpha value is -0.340. The Morgan fingerprint density at radius 1 is 1.06 bits per heavy atom. The van der Waals surface area contributed by atoms with Crippen molar-refractivity contribution < 1.29 is 26.1 Å². The zero-order valence-electron chi connectivity index (χ0n) is 8.91. The molecular formula is C8H18F3NO3S. The van der Waals surface area contributed by atoms with Gasteiger partial charge in [-0.15, -0.1) is 0 Å². The standard InChI is InChI=1S/C8H15F3O3S.H3N/c9-5-3-1-2-4-7(10)8(11)6-15(12,13)14;/h7-8H,1-6H2,(H,12,13,14);1H3. The van der Waals surface area contributed by atoms with Gasteiger partial charge in [-0.1, -0.05) is 12.8 Å². The van der Waals surface area contributed by atoms with Crippen LogP contribution >= 0.6 is 0 Å².